The third-order valence-electron chi connectivity index (χ3n) is 2.56. The van der Waals surface area contributed by atoms with E-state index in [0.717, 1.165) is 5.69 Å². The van der Waals surface area contributed by atoms with Crippen LogP contribution in [0.25, 0.3) is 0 Å². The number of nitrogen functional groups attached to an aromatic ring is 1. The number of hydrogen-bond donors (Lipinski definition) is 3. The van der Waals surface area contributed by atoms with Gasteiger partial charge in [0.05, 0.1) is 11.3 Å². The van der Waals surface area contributed by atoms with E-state index in [9.17, 15) is 9.00 Å². The number of anilines is 1. The highest BCUT2D eigenvalue weighted by molar-refractivity contribution is 7.84. The number of carbonyl (C=O) groups is 1. The van der Waals surface area contributed by atoms with Gasteiger partial charge in [0.1, 0.15) is 0 Å². The standard InChI is InChI=1S/C11H18N4O2S/c1-7-4-10(15-12)9(6-13-7)11(16)14-5-8(2)18(3)17/h4,6,8H,5,12H2,1-3H3,(H,13,15)(H,14,16). The Kier molecular flexibility index (Phi) is 5.24. The Morgan fingerprint density at radius 3 is 2.83 bits per heavy atom. The second-order valence-corrected chi connectivity index (χ2v) is 5.84. The molecule has 0 bridgehead atoms. The second kappa shape index (κ2) is 6.46. The molecule has 100 valence electrons. The molecule has 4 N–H and O–H groups in total. The molecule has 0 aromatic carbocycles. The van der Waals surface area contributed by atoms with Crippen molar-refractivity contribution in [3.63, 3.8) is 0 Å². The van der Waals surface area contributed by atoms with Crippen molar-refractivity contribution in [1.82, 2.24) is 10.3 Å². The first-order valence-corrected chi connectivity index (χ1v) is 7.11. The summed E-state index contributed by atoms with van der Waals surface area (Å²) in [7, 11) is -0.965. The van der Waals surface area contributed by atoms with Crippen molar-refractivity contribution in [2.75, 3.05) is 18.2 Å². The number of pyridine rings is 1. The normalized spacial score (nSPS) is 13.8. The lowest BCUT2D eigenvalue weighted by atomic mass is 10.2. The number of hydrazine groups is 1. The summed E-state index contributed by atoms with van der Waals surface area (Å²) in [6, 6.07) is 1.69. The third-order valence-corrected chi connectivity index (χ3v) is 3.86. The molecule has 0 aliphatic heterocycles. The number of carbonyl (C=O) groups excluding carboxylic acids is 1. The minimum atomic E-state index is -0.965. The van der Waals surface area contributed by atoms with Crippen LogP contribution in [0.15, 0.2) is 12.3 Å². The largest absolute Gasteiger partial charge is 0.351 e. The summed E-state index contributed by atoms with van der Waals surface area (Å²) in [6.45, 7) is 3.97. The van der Waals surface area contributed by atoms with E-state index in [0.29, 0.717) is 17.8 Å². The number of amides is 1. The first kappa shape index (κ1) is 14.6. The van der Waals surface area contributed by atoms with Gasteiger partial charge < -0.3 is 10.7 Å². The molecule has 0 radical (unpaired) electrons. The molecule has 1 aromatic heterocycles. The van der Waals surface area contributed by atoms with Crippen molar-refractivity contribution in [3.8, 4) is 0 Å². The molecule has 7 heteroatoms. The van der Waals surface area contributed by atoms with Crippen molar-refractivity contribution in [2.45, 2.75) is 19.1 Å². The monoisotopic (exact) mass is 270 g/mol. The predicted octanol–water partition coefficient (Wildman–Crippen LogP) is 0.172. The molecule has 1 rings (SSSR count). The van der Waals surface area contributed by atoms with E-state index in [2.05, 4.69) is 15.7 Å². The molecule has 0 aliphatic rings. The minimum absolute atomic E-state index is 0.0957. The Morgan fingerprint density at radius 1 is 1.61 bits per heavy atom. The molecule has 6 nitrogen and oxygen atoms in total. The van der Waals surface area contributed by atoms with Crippen LogP contribution in [0.3, 0.4) is 0 Å². The SMILES string of the molecule is Cc1cc(NN)c(C(=O)NCC(C)S(C)=O)cn1. The number of nitrogens with zero attached hydrogens (tertiary/aromatic N) is 1. The van der Waals surface area contributed by atoms with Gasteiger partial charge in [0.25, 0.3) is 5.91 Å². The molecule has 0 aliphatic carbocycles. The zero-order chi connectivity index (χ0) is 13.7. The average molecular weight is 270 g/mol. The molecule has 2 unspecified atom stereocenters. The van der Waals surface area contributed by atoms with Crippen LogP contribution in [0.2, 0.25) is 0 Å². The average Bonchev–Trinajstić information content (AvgIpc) is 2.34. The molecule has 18 heavy (non-hydrogen) atoms. The van der Waals surface area contributed by atoms with Crippen LogP contribution in [0, 0.1) is 6.92 Å². The number of nitrogens with one attached hydrogen (secondary N) is 2. The minimum Gasteiger partial charge on any atom is -0.351 e. The van der Waals surface area contributed by atoms with Crippen molar-refractivity contribution < 1.29 is 9.00 Å². The van der Waals surface area contributed by atoms with Crippen LogP contribution in [0.1, 0.15) is 23.0 Å². The van der Waals surface area contributed by atoms with E-state index in [1.807, 2.05) is 13.8 Å². The van der Waals surface area contributed by atoms with Crippen LogP contribution >= 0.6 is 0 Å². The Labute approximate surface area is 109 Å². The lowest BCUT2D eigenvalue weighted by Crippen LogP contribution is -2.33. The summed E-state index contributed by atoms with van der Waals surface area (Å²) in [5.41, 5.74) is 4.12. The Morgan fingerprint density at radius 2 is 2.28 bits per heavy atom. The topological polar surface area (TPSA) is 97.1 Å². The molecular formula is C11H18N4O2S. The van der Waals surface area contributed by atoms with Gasteiger partial charge in [0, 0.05) is 40.7 Å². The molecule has 0 spiro atoms. The lowest BCUT2D eigenvalue weighted by molar-refractivity contribution is 0.0954. The van der Waals surface area contributed by atoms with Crippen molar-refractivity contribution in [2.24, 2.45) is 5.84 Å². The van der Waals surface area contributed by atoms with Crippen LogP contribution in [0.4, 0.5) is 5.69 Å². The first-order chi connectivity index (χ1) is 8.45. The van der Waals surface area contributed by atoms with Gasteiger partial charge in [-0.05, 0) is 19.9 Å². The molecule has 1 aromatic rings. The highest BCUT2D eigenvalue weighted by atomic mass is 32.2. The highest BCUT2D eigenvalue weighted by Crippen LogP contribution is 2.14. The van der Waals surface area contributed by atoms with E-state index < -0.39 is 10.8 Å². The first-order valence-electron chi connectivity index (χ1n) is 5.49. The molecule has 0 saturated carbocycles. The summed E-state index contributed by atoms with van der Waals surface area (Å²) < 4.78 is 11.2. The van der Waals surface area contributed by atoms with E-state index in [4.69, 9.17) is 5.84 Å². The fourth-order valence-electron chi connectivity index (χ4n) is 1.31. The van der Waals surface area contributed by atoms with E-state index in [1.165, 1.54) is 6.20 Å². The van der Waals surface area contributed by atoms with Crippen LogP contribution in [-0.4, -0.2) is 33.2 Å². The Hall–Kier alpha value is -1.47. The Balaban J connectivity index is 2.75. The van der Waals surface area contributed by atoms with Gasteiger partial charge in [-0.1, -0.05) is 0 Å². The molecule has 1 heterocycles. The summed E-state index contributed by atoms with van der Waals surface area (Å²) in [5.74, 6) is 5.07. The third kappa shape index (κ3) is 3.78. The quantitative estimate of drug-likeness (QED) is 0.523. The van der Waals surface area contributed by atoms with E-state index in [1.54, 1.807) is 12.3 Å². The number of hydrogen-bond acceptors (Lipinski definition) is 5. The van der Waals surface area contributed by atoms with Crippen LogP contribution < -0.4 is 16.6 Å². The van der Waals surface area contributed by atoms with Gasteiger partial charge in [0.15, 0.2) is 0 Å². The van der Waals surface area contributed by atoms with Gasteiger partial charge in [-0.3, -0.25) is 19.8 Å². The van der Waals surface area contributed by atoms with E-state index >= 15 is 0 Å². The fraction of sp³-hybridized carbons (Fsp3) is 0.455. The predicted molar refractivity (Wildman–Crippen MR) is 72.6 cm³/mol. The smallest absolute Gasteiger partial charge is 0.255 e. The molecule has 0 saturated heterocycles. The molecule has 2 atom stereocenters. The van der Waals surface area contributed by atoms with Crippen LogP contribution in [0.5, 0.6) is 0 Å². The summed E-state index contributed by atoms with van der Waals surface area (Å²) >= 11 is 0. The maximum absolute atomic E-state index is 11.9. The highest BCUT2D eigenvalue weighted by Gasteiger charge is 2.13. The van der Waals surface area contributed by atoms with Gasteiger partial charge in [-0.2, -0.15) is 0 Å². The van der Waals surface area contributed by atoms with Gasteiger partial charge in [0.2, 0.25) is 0 Å². The lowest BCUT2D eigenvalue weighted by Gasteiger charge is -2.12. The Bertz CT molecular complexity index is 464. The summed E-state index contributed by atoms with van der Waals surface area (Å²) in [5, 5.41) is 2.61. The number of rotatable bonds is 5. The van der Waals surface area contributed by atoms with Crippen molar-refractivity contribution >= 4 is 22.4 Å². The summed E-state index contributed by atoms with van der Waals surface area (Å²) in [4.78, 5) is 16.0. The molecule has 1 amide bonds. The van der Waals surface area contributed by atoms with Crippen molar-refractivity contribution in [1.29, 1.82) is 0 Å². The fourth-order valence-corrected chi connectivity index (χ4v) is 1.63. The maximum Gasteiger partial charge on any atom is 0.255 e. The van der Waals surface area contributed by atoms with Gasteiger partial charge in [-0.15, -0.1) is 0 Å². The second-order valence-electron chi connectivity index (χ2n) is 4.03. The zero-order valence-electron chi connectivity index (χ0n) is 10.7. The summed E-state index contributed by atoms with van der Waals surface area (Å²) in [6.07, 6.45) is 3.07. The van der Waals surface area contributed by atoms with Gasteiger partial charge in [-0.25, -0.2) is 0 Å². The van der Waals surface area contributed by atoms with Crippen molar-refractivity contribution in [3.05, 3.63) is 23.5 Å². The zero-order valence-corrected chi connectivity index (χ0v) is 11.5. The number of nitrogens with two attached hydrogens (primary N) is 1. The maximum atomic E-state index is 11.9. The number of aromatic nitrogens is 1. The van der Waals surface area contributed by atoms with Crippen LogP contribution in [-0.2, 0) is 10.8 Å². The number of aryl methyl sites for hydroxylation is 1. The van der Waals surface area contributed by atoms with Gasteiger partial charge >= 0.3 is 0 Å². The van der Waals surface area contributed by atoms with E-state index in [-0.39, 0.29) is 11.2 Å². The molecule has 0 fully saturated rings. The molecular weight excluding hydrogens is 252 g/mol.